The van der Waals surface area contributed by atoms with Crippen molar-refractivity contribution in [2.45, 2.75) is 57.6 Å². The monoisotopic (exact) mass is 572 g/mol. The third-order valence-electron chi connectivity index (χ3n) is 6.91. The summed E-state index contributed by atoms with van der Waals surface area (Å²) in [5.74, 6) is -1.64. The van der Waals surface area contributed by atoms with Gasteiger partial charge < -0.3 is 15.7 Å². The van der Waals surface area contributed by atoms with Crippen LogP contribution in [0.3, 0.4) is 0 Å². The van der Waals surface area contributed by atoms with E-state index < -0.39 is 46.3 Å². The summed E-state index contributed by atoms with van der Waals surface area (Å²) in [6.45, 7) is 6.47. The maximum atomic E-state index is 13.9. The molecule has 3 aromatic rings. The number of carbonyl (C=O) groups excluding carboxylic acids is 1. The Hall–Kier alpha value is -2.82. The average Bonchev–Trinajstić information content (AvgIpc) is 2.85. The van der Waals surface area contributed by atoms with Crippen LogP contribution in [0.4, 0.5) is 8.78 Å². The minimum absolute atomic E-state index is 0.000654. The third kappa shape index (κ3) is 8.34. The molecule has 0 spiro atoms. The van der Waals surface area contributed by atoms with Crippen LogP contribution in [0.5, 0.6) is 0 Å². The molecule has 1 aliphatic heterocycles. The number of aliphatic hydroxyl groups is 1. The summed E-state index contributed by atoms with van der Waals surface area (Å²) in [7, 11) is -2.87. The topological polar surface area (TPSA) is 102 Å². The van der Waals surface area contributed by atoms with Gasteiger partial charge >= 0.3 is 0 Å². The summed E-state index contributed by atoms with van der Waals surface area (Å²) >= 11 is 0. The lowest BCUT2D eigenvalue weighted by molar-refractivity contribution is 0.0825. The van der Waals surface area contributed by atoms with Crippen LogP contribution in [-0.2, 0) is 18.6 Å². The Morgan fingerprint density at radius 2 is 1.68 bits per heavy atom. The van der Waals surface area contributed by atoms with Crippen LogP contribution in [-0.4, -0.2) is 44.6 Å². The first kappa shape index (κ1) is 30.1. The molecular formula is C31H38F2N2O4S. The highest BCUT2D eigenvalue weighted by atomic mass is 32.3. The Morgan fingerprint density at radius 1 is 1.00 bits per heavy atom. The summed E-state index contributed by atoms with van der Waals surface area (Å²) in [6, 6.07) is 16.3. The predicted octanol–water partition coefficient (Wildman–Crippen LogP) is 5.85. The smallest absolute Gasteiger partial charge is 0.251 e. The zero-order valence-corrected chi connectivity index (χ0v) is 23.8. The molecule has 5 N–H and O–H groups in total. The van der Waals surface area contributed by atoms with E-state index in [1.54, 1.807) is 30.3 Å². The van der Waals surface area contributed by atoms with E-state index in [0.29, 0.717) is 11.1 Å². The first-order chi connectivity index (χ1) is 18.8. The summed E-state index contributed by atoms with van der Waals surface area (Å²) in [6.07, 6.45) is -0.310. The number of nitrogens with one attached hydrogen (secondary N) is 2. The van der Waals surface area contributed by atoms with Gasteiger partial charge in [0.2, 0.25) is 0 Å². The molecule has 40 heavy (non-hydrogen) atoms. The predicted molar refractivity (Wildman–Crippen MR) is 156 cm³/mol. The molecule has 0 saturated carbocycles. The van der Waals surface area contributed by atoms with Crippen molar-refractivity contribution >= 4 is 16.5 Å². The molecule has 1 amide bonds. The molecule has 0 aromatic heterocycles. The van der Waals surface area contributed by atoms with Crippen molar-refractivity contribution in [2.75, 3.05) is 12.3 Å². The van der Waals surface area contributed by atoms with Gasteiger partial charge in [-0.05, 0) is 64.8 Å². The van der Waals surface area contributed by atoms with Crippen molar-refractivity contribution in [1.29, 1.82) is 0 Å². The van der Waals surface area contributed by atoms with Gasteiger partial charge in [-0.2, -0.15) is 10.6 Å². The minimum Gasteiger partial charge on any atom is -0.390 e. The lowest BCUT2D eigenvalue weighted by Gasteiger charge is -2.42. The SMILES string of the molecule is CC(C)(C)Cc1ccc2c(c1)[C@@H](NC[C@H](O)[C@H](Cc1cc(F)cc(F)c1)NC(=O)c1ccccc1)CS(O)(O)C2. The Morgan fingerprint density at radius 3 is 2.33 bits per heavy atom. The normalized spacial score (nSPS) is 18.9. The maximum Gasteiger partial charge on any atom is 0.251 e. The van der Waals surface area contributed by atoms with E-state index in [0.717, 1.165) is 29.2 Å². The second-order valence-electron chi connectivity index (χ2n) is 11.8. The minimum atomic E-state index is -2.87. The molecule has 0 saturated heterocycles. The van der Waals surface area contributed by atoms with Gasteiger partial charge in [-0.3, -0.25) is 13.9 Å². The van der Waals surface area contributed by atoms with Gasteiger partial charge in [-0.15, -0.1) is 0 Å². The number of rotatable bonds is 9. The zero-order chi connectivity index (χ0) is 29.1. The van der Waals surface area contributed by atoms with E-state index in [2.05, 4.69) is 37.5 Å². The van der Waals surface area contributed by atoms with Crippen LogP contribution < -0.4 is 10.6 Å². The van der Waals surface area contributed by atoms with Crippen molar-refractivity contribution in [1.82, 2.24) is 10.6 Å². The molecule has 3 aromatic carbocycles. The van der Waals surface area contributed by atoms with Gasteiger partial charge in [-0.1, -0.05) is 57.2 Å². The second-order valence-corrected chi connectivity index (χ2v) is 14.1. The van der Waals surface area contributed by atoms with E-state index >= 15 is 0 Å². The first-order valence-corrected chi connectivity index (χ1v) is 15.2. The van der Waals surface area contributed by atoms with Gasteiger partial charge in [0.05, 0.1) is 29.7 Å². The number of hydrogen-bond acceptors (Lipinski definition) is 5. The summed E-state index contributed by atoms with van der Waals surface area (Å²) in [4.78, 5) is 12.9. The van der Waals surface area contributed by atoms with Crippen LogP contribution in [0.25, 0.3) is 0 Å². The Balaban J connectivity index is 1.55. The summed E-state index contributed by atoms with van der Waals surface area (Å²) in [5, 5.41) is 17.3. The molecule has 0 fully saturated rings. The van der Waals surface area contributed by atoms with Crippen molar-refractivity contribution in [2.24, 2.45) is 5.41 Å². The number of benzene rings is 3. The fourth-order valence-electron chi connectivity index (χ4n) is 5.17. The van der Waals surface area contributed by atoms with Gasteiger partial charge in [0, 0.05) is 18.2 Å². The zero-order valence-electron chi connectivity index (χ0n) is 23.0. The fraction of sp³-hybridized carbons (Fsp3) is 0.387. The number of fused-ring (bicyclic) bond motifs is 1. The highest BCUT2D eigenvalue weighted by molar-refractivity contribution is 8.23. The molecule has 216 valence electrons. The standard InChI is InChI=1S/C31H38F2N2O4S/c1-31(2,3)16-20-9-10-23-18-40(38,39)19-28(26(23)13-20)34-17-29(36)27(14-21-11-24(32)15-25(33)12-21)35-30(37)22-7-5-4-6-8-22/h4-13,15,27-29,34,36,38-39H,14,16-19H2,1-3H3,(H,35,37)/t27-,28-,29-/m0/s1. The molecule has 0 radical (unpaired) electrons. The third-order valence-corrected chi connectivity index (χ3v) is 8.55. The average molecular weight is 573 g/mol. The van der Waals surface area contributed by atoms with E-state index in [1.165, 1.54) is 12.1 Å². The second kappa shape index (κ2) is 12.4. The lowest BCUT2D eigenvalue weighted by atomic mass is 9.86. The van der Waals surface area contributed by atoms with E-state index in [9.17, 15) is 27.8 Å². The van der Waals surface area contributed by atoms with Gasteiger partial charge in [-0.25, -0.2) is 8.78 Å². The lowest BCUT2D eigenvalue weighted by Crippen LogP contribution is -2.49. The fourth-order valence-corrected chi connectivity index (χ4v) is 6.88. The van der Waals surface area contributed by atoms with Gasteiger partial charge in [0.25, 0.3) is 5.91 Å². The van der Waals surface area contributed by atoms with Gasteiger partial charge in [0.15, 0.2) is 0 Å². The molecule has 6 nitrogen and oxygen atoms in total. The van der Waals surface area contributed by atoms with Crippen LogP contribution in [0.2, 0.25) is 0 Å². The van der Waals surface area contributed by atoms with Crippen molar-refractivity contribution < 1.29 is 27.8 Å². The number of carbonyl (C=O) groups is 1. The van der Waals surface area contributed by atoms with Crippen molar-refractivity contribution in [3.8, 4) is 0 Å². The number of halogens is 2. The van der Waals surface area contributed by atoms with E-state index in [1.807, 2.05) is 12.1 Å². The Labute approximate surface area is 236 Å². The molecule has 0 unspecified atom stereocenters. The van der Waals surface area contributed by atoms with Crippen LogP contribution in [0.1, 0.15) is 59.4 Å². The number of aliphatic hydroxyl groups excluding tert-OH is 1. The molecule has 4 rings (SSSR count). The van der Waals surface area contributed by atoms with Crippen LogP contribution >= 0.6 is 10.6 Å². The molecule has 1 aliphatic rings. The van der Waals surface area contributed by atoms with Crippen LogP contribution in [0.15, 0.2) is 66.7 Å². The molecule has 0 aliphatic carbocycles. The molecule has 9 heteroatoms. The highest BCUT2D eigenvalue weighted by Crippen LogP contribution is 2.51. The number of amides is 1. The Kier molecular flexibility index (Phi) is 9.32. The van der Waals surface area contributed by atoms with E-state index in [-0.39, 0.29) is 29.9 Å². The summed E-state index contributed by atoms with van der Waals surface area (Å²) in [5.41, 5.74) is 3.69. The molecule has 1 heterocycles. The Bertz CT molecular complexity index is 1310. The number of hydrogen-bond donors (Lipinski definition) is 5. The largest absolute Gasteiger partial charge is 0.390 e. The first-order valence-electron chi connectivity index (χ1n) is 13.4. The molecular weight excluding hydrogens is 534 g/mol. The summed E-state index contributed by atoms with van der Waals surface area (Å²) < 4.78 is 49.0. The van der Waals surface area contributed by atoms with Gasteiger partial charge in [0.1, 0.15) is 11.6 Å². The van der Waals surface area contributed by atoms with E-state index in [4.69, 9.17) is 0 Å². The van der Waals surface area contributed by atoms with Crippen LogP contribution in [0, 0.1) is 17.0 Å². The maximum absolute atomic E-state index is 13.9. The molecule has 0 bridgehead atoms. The van der Waals surface area contributed by atoms with Crippen molar-refractivity contribution in [3.63, 3.8) is 0 Å². The molecule has 3 atom stereocenters. The quantitative estimate of drug-likeness (QED) is 0.221. The van der Waals surface area contributed by atoms with Crippen molar-refractivity contribution in [3.05, 3.63) is 106 Å². The highest BCUT2D eigenvalue weighted by Gasteiger charge is 2.32.